The second-order valence-electron chi connectivity index (χ2n) is 2.77. The van der Waals surface area contributed by atoms with Gasteiger partial charge in [-0.2, -0.15) is 0 Å². The number of methoxy groups -OCH3 is 2. The van der Waals surface area contributed by atoms with E-state index in [4.69, 9.17) is 9.47 Å². The fraction of sp³-hybridized carbons (Fsp3) is 0.273. The molecule has 0 spiro atoms. The second-order valence-corrected chi connectivity index (χ2v) is 2.77. The van der Waals surface area contributed by atoms with Crippen LogP contribution >= 0.6 is 0 Å². The molecule has 0 fully saturated rings. The molecule has 0 bridgehead atoms. The Bertz CT molecular complexity index is 323. The quantitative estimate of drug-likeness (QED) is 0.926. The van der Waals surface area contributed by atoms with Crippen LogP contribution in [0, 0.1) is 0 Å². The second kappa shape index (κ2) is 6.86. The topological polar surface area (TPSA) is 38.7 Å². The third kappa shape index (κ3) is 3.51. The van der Waals surface area contributed by atoms with E-state index in [9.17, 15) is 5.11 Å². The van der Waals surface area contributed by atoms with Gasteiger partial charge >= 0.3 is 0 Å². The molecule has 0 amide bonds. The predicted molar refractivity (Wildman–Crippen MR) is 55.9 cm³/mol. The normalized spacial score (nSPS) is 9.80. The van der Waals surface area contributed by atoms with E-state index < -0.39 is 0 Å². The van der Waals surface area contributed by atoms with Crippen molar-refractivity contribution in [3.05, 3.63) is 23.8 Å². The van der Waals surface area contributed by atoms with E-state index in [1.807, 2.05) is 19.1 Å². The smallest absolute Gasteiger partial charge is 0.200 e. The van der Waals surface area contributed by atoms with Crippen molar-refractivity contribution in [1.29, 1.82) is 0 Å². The Morgan fingerprint density at radius 1 is 1.13 bits per heavy atom. The maximum atomic E-state index is 9.61. The molecule has 0 aliphatic heterocycles. The Balaban J connectivity index is 0.00000196. The number of hydrogen-bond acceptors (Lipinski definition) is 3. The minimum Gasteiger partial charge on any atom is -0.502 e. The molecule has 0 aromatic heterocycles. The molecule has 0 unspecified atom stereocenters. The Kier molecular flexibility index (Phi) is 6.61. The molecule has 0 saturated heterocycles. The number of allylic oxidation sites excluding steroid dienone is 1. The molecule has 1 aromatic rings. The van der Waals surface area contributed by atoms with E-state index in [2.05, 4.69) is 0 Å². The van der Waals surface area contributed by atoms with Crippen molar-refractivity contribution >= 4 is 6.08 Å². The van der Waals surface area contributed by atoms with Crippen LogP contribution in [-0.4, -0.2) is 19.3 Å². The number of rotatable bonds is 3. The molecule has 4 heteroatoms. The first kappa shape index (κ1) is 14.5. The summed E-state index contributed by atoms with van der Waals surface area (Å²) >= 11 is 0. The average Bonchev–Trinajstić information content (AvgIpc) is 2.20. The number of hydrogen-bond donors (Lipinski definition) is 1. The molecule has 1 N–H and O–H groups in total. The summed E-state index contributed by atoms with van der Waals surface area (Å²) in [5.74, 6) is 0.859. The Morgan fingerprint density at radius 3 is 1.93 bits per heavy atom. The molecule has 15 heavy (non-hydrogen) atoms. The van der Waals surface area contributed by atoms with Crippen molar-refractivity contribution < 1.29 is 47.3 Å². The molecule has 0 aliphatic rings. The van der Waals surface area contributed by atoms with Crippen LogP contribution in [0.2, 0.25) is 0 Å². The van der Waals surface area contributed by atoms with Crippen molar-refractivity contribution in [1.82, 2.24) is 0 Å². The molecule has 0 saturated carbocycles. The fourth-order valence-corrected chi connectivity index (χ4v) is 1.20. The van der Waals surface area contributed by atoms with E-state index >= 15 is 0 Å². The zero-order valence-corrected chi connectivity index (χ0v) is 12.0. The van der Waals surface area contributed by atoms with Crippen LogP contribution in [0.5, 0.6) is 17.2 Å². The van der Waals surface area contributed by atoms with Gasteiger partial charge in [0.25, 0.3) is 0 Å². The van der Waals surface area contributed by atoms with E-state index in [0.29, 0.717) is 11.5 Å². The van der Waals surface area contributed by atoms with Crippen LogP contribution in [0.25, 0.3) is 6.08 Å². The summed E-state index contributed by atoms with van der Waals surface area (Å²) in [5, 5.41) is 9.61. The number of phenolic OH excluding ortho intramolecular Hbond substituents is 1. The van der Waals surface area contributed by atoms with Crippen molar-refractivity contribution in [2.75, 3.05) is 14.2 Å². The Hall–Kier alpha value is -0.536. The molecule has 0 heterocycles. The first-order valence-corrected chi connectivity index (χ1v) is 4.30. The average molecular weight is 283 g/mol. The van der Waals surface area contributed by atoms with Gasteiger partial charge in [0.2, 0.25) is 5.75 Å². The first-order valence-electron chi connectivity index (χ1n) is 4.30. The minimum absolute atomic E-state index is 0. The summed E-state index contributed by atoms with van der Waals surface area (Å²) in [6.45, 7) is 1.92. The predicted octanol–water partition coefficient (Wildman–Crippen LogP) is 2.44. The van der Waals surface area contributed by atoms with Crippen LogP contribution in [0.1, 0.15) is 12.5 Å². The molecule has 3 nitrogen and oxygen atoms in total. The summed E-state index contributed by atoms with van der Waals surface area (Å²) in [5.41, 5.74) is 0.930. The van der Waals surface area contributed by atoms with Gasteiger partial charge in [-0.05, 0) is 24.6 Å². The SMILES string of the molecule is C/C=C/c1cc(OC)c(O)c(OC)c1.[Y]. The summed E-state index contributed by atoms with van der Waals surface area (Å²) in [6, 6.07) is 3.50. The molecular weight excluding hydrogens is 269 g/mol. The van der Waals surface area contributed by atoms with Gasteiger partial charge in [-0.15, -0.1) is 0 Å². The Labute approximate surface area is 115 Å². The molecule has 79 valence electrons. The maximum absolute atomic E-state index is 9.61. The number of phenols is 1. The molecular formula is C11H14O3Y. The summed E-state index contributed by atoms with van der Waals surface area (Å²) in [6.07, 6.45) is 3.82. The monoisotopic (exact) mass is 283 g/mol. The van der Waals surface area contributed by atoms with Gasteiger partial charge in [-0.25, -0.2) is 0 Å². The van der Waals surface area contributed by atoms with Crippen molar-refractivity contribution in [3.63, 3.8) is 0 Å². The van der Waals surface area contributed by atoms with Crippen LogP contribution in [-0.2, 0) is 32.7 Å². The number of benzene rings is 1. The maximum Gasteiger partial charge on any atom is 0.200 e. The zero-order valence-electron chi connectivity index (χ0n) is 9.15. The van der Waals surface area contributed by atoms with Crippen molar-refractivity contribution in [2.45, 2.75) is 6.92 Å². The van der Waals surface area contributed by atoms with Crippen molar-refractivity contribution in [2.24, 2.45) is 0 Å². The van der Waals surface area contributed by atoms with Gasteiger partial charge in [-0.1, -0.05) is 12.2 Å². The fourth-order valence-electron chi connectivity index (χ4n) is 1.20. The van der Waals surface area contributed by atoms with E-state index in [0.717, 1.165) is 5.56 Å². The minimum atomic E-state index is 0. The molecule has 1 rings (SSSR count). The molecule has 0 aliphatic carbocycles. The van der Waals surface area contributed by atoms with Gasteiger partial charge in [0.05, 0.1) is 14.2 Å². The molecule has 1 radical (unpaired) electrons. The van der Waals surface area contributed by atoms with Gasteiger partial charge in [0, 0.05) is 32.7 Å². The van der Waals surface area contributed by atoms with Crippen LogP contribution < -0.4 is 9.47 Å². The largest absolute Gasteiger partial charge is 0.502 e. The van der Waals surface area contributed by atoms with Crippen molar-refractivity contribution in [3.8, 4) is 17.2 Å². The van der Waals surface area contributed by atoms with Gasteiger partial charge in [-0.3, -0.25) is 0 Å². The van der Waals surface area contributed by atoms with E-state index in [-0.39, 0.29) is 38.5 Å². The third-order valence-corrected chi connectivity index (χ3v) is 1.86. The third-order valence-electron chi connectivity index (χ3n) is 1.86. The van der Waals surface area contributed by atoms with E-state index in [1.54, 1.807) is 12.1 Å². The summed E-state index contributed by atoms with van der Waals surface area (Å²) in [4.78, 5) is 0. The van der Waals surface area contributed by atoms with E-state index in [1.165, 1.54) is 14.2 Å². The zero-order chi connectivity index (χ0) is 10.6. The van der Waals surface area contributed by atoms with Gasteiger partial charge in [0.1, 0.15) is 0 Å². The molecule has 1 aromatic carbocycles. The van der Waals surface area contributed by atoms with Crippen LogP contribution in [0.15, 0.2) is 18.2 Å². The molecule has 0 atom stereocenters. The summed E-state index contributed by atoms with van der Waals surface area (Å²) in [7, 11) is 3.02. The Morgan fingerprint density at radius 2 is 1.60 bits per heavy atom. The standard InChI is InChI=1S/C11H14O3.Y/c1-4-5-8-6-9(13-2)11(12)10(7-8)14-3;/h4-7,12H,1-3H3;/b5-4+;. The first-order chi connectivity index (χ1) is 6.72. The number of ether oxygens (including phenoxy) is 2. The van der Waals surface area contributed by atoms with Gasteiger partial charge in [0.15, 0.2) is 11.5 Å². The van der Waals surface area contributed by atoms with Crippen LogP contribution in [0.3, 0.4) is 0 Å². The number of aromatic hydroxyl groups is 1. The summed E-state index contributed by atoms with van der Waals surface area (Å²) < 4.78 is 10.0. The van der Waals surface area contributed by atoms with Crippen LogP contribution in [0.4, 0.5) is 0 Å². The van der Waals surface area contributed by atoms with Gasteiger partial charge < -0.3 is 14.6 Å².